The van der Waals surface area contributed by atoms with Gasteiger partial charge in [-0.25, -0.2) is 9.97 Å². The average molecular weight is 577 g/mol. The summed E-state index contributed by atoms with van der Waals surface area (Å²) in [6.07, 6.45) is 0. The van der Waals surface area contributed by atoms with Gasteiger partial charge in [0.15, 0.2) is 5.82 Å². The second kappa shape index (κ2) is 11.6. The van der Waals surface area contributed by atoms with Crippen molar-refractivity contribution in [1.29, 1.82) is 0 Å². The fraction of sp³-hybridized carbons (Fsp3) is 0. The van der Waals surface area contributed by atoms with Crippen LogP contribution in [0, 0.1) is 0 Å². The van der Waals surface area contributed by atoms with Crippen LogP contribution in [0.2, 0.25) is 0 Å². The Bertz CT molecular complexity index is 1990. The number of hydrogen-bond donors (Lipinski definition) is 0. The van der Waals surface area contributed by atoms with Crippen LogP contribution in [0.15, 0.2) is 176 Å². The molecule has 0 saturated heterocycles. The second-order valence-electron chi connectivity index (χ2n) is 11.1. The summed E-state index contributed by atoms with van der Waals surface area (Å²) in [5.41, 5.74) is 10.7. The molecule has 212 valence electrons. The maximum absolute atomic E-state index is 5.04. The number of anilines is 4. The maximum Gasteiger partial charge on any atom is 0.420 e. The van der Waals surface area contributed by atoms with Crippen molar-refractivity contribution in [2.24, 2.45) is 0 Å². The Kier molecular flexibility index (Phi) is 6.89. The highest BCUT2D eigenvalue weighted by Crippen LogP contribution is 2.46. The van der Waals surface area contributed by atoms with Gasteiger partial charge in [0, 0.05) is 28.1 Å². The lowest BCUT2D eigenvalue weighted by molar-refractivity contribution is 1.18. The van der Waals surface area contributed by atoms with Gasteiger partial charge in [-0.1, -0.05) is 133 Å². The van der Waals surface area contributed by atoms with Gasteiger partial charge in [-0.3, -0.25) is 0 Å². The Labute approximate surface area is 264 Å². The first kappa shape index (κ1) is 26.7. The molecular formula is C40H29BN4. The van der Waals surface area contributed by atoms with E-state index in [9.17, 15) is 0 Å². The van der Waals surface area contributed by atoms with Crippen LogP contribution in [-0.2, 0) is 0 Å². The minimum Gasteiger partial charge on any atom is -0.360 e. The van der Waals surface area contributed by atoms with Crippen molar-refractivity contribution in [2.45, 2.75) is 0 Å². The number of rotatable bonds is 6. The SMILES string of the molecule is c1ccc(B2N(c3ccccc3)c3ccccc3N2c2ccc(-c3cc(-c4ccccc4)nc(-c4ccccc4)n3)cc2)cc1. The zero-order chi connectivity index (χ0) is 30.0. The van der Waals surface area contributed by atoms with Crippen molar-refractivity contribution in [3.05, 3.63) is 176 Å². The van der Waals surface area contributed by atoms with Crippen molar-refractivity contribution < 1.29 is 0 Å². The molecule has 6 aromatic carbocycles. The molecule has 1 aliphatic rings. The molecule has 0 aliphatic carbocycles. The molecule has 0 spiro atoms. The van der Waals surface area contributed by atoms with Crippen LogP contribution in [0.4, 0.5) is 22.7 Å². The molecule has 0 radical (unpaired) electrons. The summed E-state index contributed by atoms with van der Waals surface area (Å²) in [6, 6.07) is 61.4. The van der Waals surface area contributed by atoms with Crippen LogP contribution in [0.1, 0.15) is 0 Å². The normalized spacial score (nSPS) is 12.3. The molecule has 0 fully saturated rings. The number of aromatic nitrogens is 2. The summed E-state index contributed by atoms with van der Waals surface area (Å²) in [4.78, 5) is 14.9. The lowest BCUT2D eigenvalue weighted by Gasteiger charge is -2.30. The summed E-state index contributed by atoms with van der Waals surface area (Å²) in [7, 11) is 0. The first-order chi connectivity index (χ1) is 22.3. The molecule has 1 aromatic heterocycles. The monoisotopic (exact) mass is 576 g/mol. The van der Waals surface area contributed by atoms with Crippen molar-refractivity contribution >= 4 is 35.2 Å². The predicted molar refractivity (Wildman–Crippen MR) is 187 cm³/mol. The van der Waals surface area contributed by atoms with E-state index < -0.39 is 0 Å². The van der Waals surface area contributed by atoms with Gasteiger partial charge in [-0.2, -0.15) is 0 Å². The van der Waals surface area contributed by atoms with E-state index in [-0.39, 0.29) is 6.98 Å². The molecule has 0 unspecified atom stereocenters. The molecule has 0 saturated carbocycles. The fourth-order valence-electron chi connectivity index (χ4n) is 6.18. The summed E-state index contributed by atoms with van der Waals surface area (Å²) in [5.74, 6) is 0.715. The van der Waals surface area contributed by atoms with Gasteiger partial charge < -0.3 is 9.62 Å². The lowest BCUT2D eigenvalue weighted by atomic mass is 9.64. The predicted octanol–water partition coefficient (Wildman–Crippen LogP) is 9.16. The van der Waals surface area contributed by atoms with Crippen LogP contribution in [0.25, 0.3) is 33.9 Å². The molecule has 8 rings (SSSR count). The highest BCUT2D eigenvalue weighted by atomic mass is 15.3. The van der Waals surface area contributed by atoms with E-state index >= 15 is 0 Å². The van der Waals surface area contributed by atoms with Gasteiger partial charge >= 0.3 is 6.98 Å². The number of para-hydroxylation sites is 3. The number of hydrogen-bond acceptors (Lipinski definition) is 4. The number of nitrogens with zero attached hydrogens (tertiary/aromatic N) is 4. The molecule has 0 bridgehead atoms. The summed E-state index contributed by atoms with van der Waals surface area (Å²) < 4.78 is 0. The number of benzene rings is 6. The van der Waals surface area contributed by atoms with E-state index in [1.54, 1.807) is 0 Å². The van der Waals surface area contributed by atoms with Crippen LogP contribution >= 0.6 is 0 Å². The van der Waals surface area contributed by atoms with Gasteiger partial charge in [-0.15, -0.1) is 0 Å². The van der Waals surface area contributed by atoms with Crippen LogP contribution < -0.4 is 15.1 Å². The first-order valence-corrected chi connectivity index (χ1v) is 15.2. The molecule has 0 N–H and O–H groups in total. The smallest absolute Gasteiger partial charge is 0.360 e. The van der Waals surface area contributed by atoms with Gasteiger partial charge in [0.05, 0.1) is 22.8 Å². The first-order valence-electron chi connectivity index (χ1n) is 15.2. The summed E-state index contributed by atoms with van der Waals surface area (Å²) in [5, 5.41) is 0. The van der Waals surface area contributed by atoms with Crippen molar-refractivity contribution in [3.63, 3.8) is 0 Å². The zero-order valence-electron chi connectivity index (χ0n) is 24.6. The average Bonchev–Trinajstić information content (AvgIpc) is 3.48. The summed E-state index contributed by atoms with van der Waals surface area (Å²) in [6.45, 7) is -0.0507. The van der Waals surface area contributed by atoms with Crippen molar-refractivity contribution in [1.82, 2.24) is 9.97 Å². The standard InChI is InChI=1S/C40H29BN4/c1-5-15-30(16-6-1)36-29-37(43-40(42-36)32-17-7-2-8-18-32)31-25-27-35(28-26-31)45-39-24-14-13-23-38(39)44(34-21-11-4-12-22-34)41(45)33-19-9-3-10-20-33/h1-29H. The Morgan fingerprint density at radius 2 is 0.800 bits per heavy atom. The largest absolute Gasteiger partial charge is 0.420 e. The molecule has 1 aliphatic heterocycles. The summed E-state index contributed by atoms with van der Waals surface area (Å²) >= 11 is 0. The molecule has 7 aromatic rings. The third-order valence-electron chi connectivity index (χ3n) is 8.29. The van der Waals surface area contributed by atoms with E-state index in [2.05, 4.69) is 149 Å². The van der Waals surface area contributed by atoms with Gasteiger partial charge in [0.2, 0.25) is 0 Å². The molecule has 45 heavy (non-hydrogen) atoms. The van der Waals surface area contributed by atoms with E-state index in [0.717, 1.165) is 39.5 Å². The van der Waals surface area contributed by atoms with Gasteiger partial charge in [0.1, 0.15) is 0 Å². The Hall–Kier alpha value is -5.94. The molecule has 0 atom stereocenters. The van der Waals surface area contributed by atoms with Crippen molar-refractivity contribution in [3.8, 4) is 33.9 Å². The van der Waals surface area contributed by atoms with Crippen molar-refractivity contribution in [2.75, 3.05) is 9.62 Å². The Morgan fingerprint density at radius 3 is 1.36 bits per heavy atom. The third-order valence-corrected chi connectivity index (χ3v) is 8.29. The fourth-order valence-corrected chi connectivity index (χ4v) is 6.18. The highest BCUT2D eigenvalue weighted by Gasteiger charge is 2.43. The molecule has 5 heteroatoms. The van der Waals surface area contributed by atoms with E-state index in [0.29, 0.717) is 5.82 Å². The Balaban J connectivity index is 1.24. The molecule has 0 amide bonds. The molecule has 2 heterocycles. The highest BCUT2D eigenvalue weighted by molar-refractivity contribution is 6.84. The van der Waals surface area contributed by atoms with Crippen LogP contribution in [0.3, 0.4) is 0 Å². The molecular weight excluding hydrogens is 547 g/mol. The lowest BCUT2D eigenvalue weighted by Crippen LogP contribution is -2.53. The van der Waals surface area contributed by atoms with E-state index in [1.165, 1.54) is 16.8 Å². The third kappa shape index (κ3) is 5.04. The second-order valence-corrected chi connectivity index (χ2v) is 11.1. The Morgan fingerprint density at radius 1 is 0.378 bits per heavy atom. The van der Waals surface area contributed by atoms with E-state index in [1.807, 2.05) is 36.4 Å². The molecule has 4 nitrogen and oxygen atoms in total. The quantitative estimate of drug-likeness (QED) is 0.185. The van der Waals surface area contributed by atoms with Gasteiger partial charge in [-0.05, 0) is 47.9 Å². The number of fused-ring (bicyclic) bond motifs is 1. The van der Waals surface area contributed by atoms with Crippen LogP contribution in [-0.4, -0.2) is 17.0 Å². The van der Waals surface area contributed by atoms with Crippen LogP contribution in [0.5, 0.6) is 0 Å². The zero-order valence-corrected chi connectivity index (χ0v) is 24.6. The van der Waals surface area contributed by atoms with Gasteiger partial charge in [0.25, 0.3) is 0 Å². The minimum absolute atomic E-state index is 0.0507. The minimum atomic E-state index is -0.0507. The topological polar surface area (TPSA) is 32.3 Å². The maximum atomic E-state index is 5.04. The van der Waals surface area contributed by atoms with E-state index in [4.69, 9.17) is 9.97 Å².